The average Bonchev–Trinajstić information content (AvgIpc) is 2.05. The number of halogens is 1. The van der Waals surface area contributed by atoms with Gasteiger partial charge in [-0.15, -0.1) is 0 Å². The monoisotopic (exact) mass is 290 g/mol. The second kappa shape index (κ2) is 4.23. The third kappa shape index (κ3) is 2.54. The van der Waals surface area contributed by atoms with Gasteiger partial charge >= 0.3 is 0 Å². The third-order valence-electron chi connectivity index (χ3n) is 2.05. The summed E-state index contributed by atoms with van der Waals surface area (Å²) in [5, 5.41) is 3.21. The second-order valence-electron chi connectivity index (χ2n) is 3.15. The van der Waals surface area contributed by atoms with Gasteiger partial charge in [0.2, 0.25) is 0 Å². The minimum absolute atomic E-state index is 0.680. The molecule has 0 atom stereocenters. The predicted molar refractivity (Wildman–Crippen MR) is 58.8 cm³/mol. The van der Waals surface area contributed by atoms with Crippen molar-refractivity contribution in [1.29, 1.82) is 0 Å². The molecule has 0 radical (unpaired) electrons. The van der Waals surface area contributed by atoms with Crippen molar-refractivity contribution >= 4 is 22.6 Å². The minimum Gasteiger partial charge on any atom is -0.492 e. The Labute approximate surface area is 91.0 Å². The molecule has 0 spiro atoms. The van der Waals surface area contributed by atoms with Gasteiger partial charge in [0.15, 0.2) is 0 Å². The number of aromatic nitrogens is 1. The van der Waals surface area contributed by atoms with Crippen LogP contribution in [0.3, 0.4) is 0 Å². The fraction of sp³-hybridized carbons (Fsp3) is 0.444. The second-order valence-corrected chi connectivity index (χ2v) is 4.26. The quantitative estimate of drug-likeness (QED) is 0.673. The highest BCUT2D eigenvalue weighted by atomic mass is 127. The van der Waals surface area contributed by atoms with Gasteiger partial charge in [-0.2, -0.15) is 0 Å². The maximum absolute atomic E-state index is 5.56. The van der Waals surface area contributed by atoms with E-state index in [0.29, 0.717) is 5.92 Å². The van der Waals surface area contributed by atoms with Crippen LogP contribution in [0.4, 0.5) is 0 Å². The van der Waals surface area contributed by atoms with E-state index >= 15 is 0 Å². The van der Waals surface area contributed by atoms with Gasteiger partial charge in [-0.05, 0) is 34.7 Å². The fourth-order valence-electron chi connectivity index (χ4n) is 1.13. The predicted octanol–water partition coefficient (Wildman–Crippen LogP) is 1.28. The van der Waals surface area contributed by atoms with Gasteiger partial charge in [-0.1, -0.05) is 0 Å². The largest absolute Gasteiger partial charge is 0.492 e. The molecule has 3 nitrogen and oxygen atoms in total. The van der Waals surface area contributed by atoms with Crippen molar-refractivity contribution in [2.75, 3.05) is 19.7 Å². The summed E-state index contributed by atoms with van der Waals surface area (Å²) in [6, 6.07) is 3.91. The fourth-order valence-corrected chi connectivity index (χ4v) is 1.45. The molecule has 2 heterocycles. The van der Waals surface area contributed by atoms with E-state index in [-0.39, 0.29) is 0 Å². The standard InChI is InChI=1S/C9H11IN2O/c10-9-2-1-8(5-12-9)13-6-7-3-11-4-7/h1-2,5,7,11H,3-4,6H2. The summed E-state index contributed by atoms with van der Waals surface area (Å²) in [6.45, 7) is 2.96. The maximum Gasteiger partial charge on any atom is 0.137 e. The van der Waals surface area contributed by atoms with Crippen LogP contribution < -0.4 is 10.1 Å². The Hall–Kier alpha value is -0.360. The SMILES string of the molecule is Ic1ccc(OCC2CNC2)cn1. The van der Waals surface area contributed by atoms with E-state index in [9.17, 15) is 0 Å². The molecular weight excluding hydrogens is 279 g/mol. The Bertz CT molecular complexity index is 271. The van der Waals surface area contributed by atoms with Crippen molar-refractivity contribution in [1.82, 2.24) is 10.3 Å². The molecule has 13 heavy (non-hydrogen) atoms. The molecule has 0 saturated carbocycles. The van der Waals surface area contributed by atoms with E-state index in [1.165, 1.54) is 0 Å². The van der Waals surface area contributed by atoms with Gasteiger partial charge in [0.25, 0.3) is 0 Å². The summed E-state index contributed by atoms with van der Waals surface area (Å²) in [5.74, 6) is 1.55. The molecule has 1 aliphatic rings. The highest BCUT2D eigenvalue weighted by Gasteiger charge is 2.16. The smallest absolute Gasteiger partial charge is 0.137 e. The molecular formula is C9H11IN2O. The van der Waals surface area contributed by atoms with Crippen molar-refractivity contribution in [3.63, 3.8) is 0 Å². The molecule has 1 aliphatic heterocycles. The highest BCUT2D eigenvalue weighted by molar-refractivity contribution is 14.1. The molecule has 70 valence electrons. The van der Waals surface area contributed by atoms with Crippen LogP contribution in [0.5, 0.6) is 5.75 Å². The summed E-state index contributed by atoms with van der Waals surface area (Å²) < 4.78 is 6.55. The van der Waals surface area contributed by atoms with Crippen LogP contribution in [0, 0.1) is 9.62 Å². The Kier molecular flexibility index (Phi) is 3.00. The zero-order chi connectivity index (χ0) is 9.10. The first-order valence-electron chi connectivity index (χ1n) is 4.29. The molecule has 0 amide bonds. The Morgan fingerprint density at radius 1 is 1.54 bits per heavy atom. The van der Waals surface area contributed by atoms with Crippen molar-refractivity contribution in [2.45, 2.75) is 0 Å². The summed E-state index contributed by atoms with van der Waals surface area (Å²) in [7, 11) is 0. The molecule has 1 N–H and O–H groups in total. The van der Waals surface area contributed by atoms with Crippen molar-refractivity contribution < 1.29 is 4.74 Å². The van der Waals surface area contributed by atoms with Gasteiger partial charge < -0.3 is 10.1 Å². The molecule has 2 rings (SSSR count). The van der Waals surface area contributed by atoms with Gasteiger partial charge in [0, 0.05) is 19.0 Å². The molecule has 4 heteroatoms. The van der Waals surface area contributed by atoms with Crippen molar-refractivity contribution in [3.05, 3.63) is 22.0 Å². The highest BCUT2D eigenvalue weighted by Crippen LogP contribution is 2.12. The number of nitrogens with one attached hydrogen (secondary N) is 1. The number of rotatable bonds is 3. The van der Waals surface area contributed by atoms with E-state index in [0.717, 1.165) is 29.1 Å². The van der Waals surface area contributed by atoms with E-state index in [4.69, 9.17) is 4.74 Å². The van der Waals surface area contributed by atoms with Gasteiger partial charge in [-0.3, -0.25) is 0 Å². The van der Waals surface area contributed by atoms with Crippen LogP contribution in [0.15, 0.2) is 18.3 Å². The lowest BCUT2D eigenvalue weighted by Gasteiger charge is -2.26. The number of nitrogens with zero attached hydrogens (tertiary/aromatic N) is 1. The minimum atomic E-state index is 0.680. The molecule has 1 fully saturated rings. The van der Waals surface area contributed by atoms with E-state index in [1.54, 1.807) is 6.20 Å². The third-order valence-corrected chi connectivity index (χ3v) is 2.69. The van der Waals surface area contributed by atoms with Crippen LogP contribution in [0.25, 0.3) is 0 Å². The first kappa shape index (κ1) is 9.21. The zero-order valence-corrected chi connectivity index (χ0v) is 9.32. The number of hydrogen-bond acceptors (Lipinski definition) is 3. The number of pyridine rings is 1. The van der Waals surface area contributed by atoms with E-state index in [1.807, 2.05) is 12.1 Å². The Morgan fingerprint density at radius 2 is 2.38 bits per heavy atom. The molecule has 1 aromatic rings. The van der Waals surface area contributed by atoms with Crippen LogP contribution in [-0.4, -0.2) is 24.7 Å². The first-order chi connectivity index (χ1) is 6.34. The summed E-state index contributed by atoms with van der Waals surface area (Å²) in [6.07, 6.45) is 1.77. The average molecular weight is 290 g/mol. The molecule has 1 aromatic heterocycles. The first-order valence-corrected chi connectivity index (χ1v) is 5.37. The zero-order valence-electron chi connectivity index (χ0n) is 7.16. The summed E-state index contributed by atoms with van der Waals surface area (Å²) >= 11 is 2.18. The van der Waals surface area contributed by atoms with Gasteiger partial charge in [0.05, 0.1) is 12.8 Å². The lowest BCUT2D eigenvalue weighted by Crippen LogP contribution is -2.45. The summed E-state index contributed by atoms with van der Waals surface area (Å²) in [4.78, 5) is 4.15. The van der Waals surface area contributed by atoms with Gasteiger partial charge in [-0.25, -0.2) is 4.98 Å². The van der Waals surface area contributed by atoms with Crippen LogP contribution >= 0.6 is 22.6 Å². The van der Waals surface area contributed by atoms with Crippen molar-refractivity contribution in [3.8, 4) is 5.75 Å². The number of ether oxygens (including phenoxy) is 1. The Balaban J connectivity index is 1.83. The van der Waals surface area contributed by atoms with Crippen molar-refractivity contribution in [2.24, 2.45) is 5.92 Å². The van der Waals surface area contributed by atoms with Crippen LogP contribution in [0.1, 0.15) is 0 Å². The normalized spacial score (nSPS) is 16.7. The molecule has 0 aliphatic carbocycles. The van der Waals surface area contributed by atoms with E-state index in [2.05, 4.69) is 32.9 Å². The molecule has 1 saturated heterocycles. The van der Waals surface area contributed by atoms with Crippen LogP contribution in [-0.2, 0) is 0 Å². The van der Waals surface area contributed by atoms with E-state index < -0.39 is 0 Å². The lowest BCUT2D eigenvalue weighted by atomic mass is 10.1. The molecule has 0 aromatic carbocycles. The topological polar surface area (TPSA) is 34.1 Å². The maximum atomic E-state index is 5.56. The lowest BCUT2D eigenvalue weighted by molar-refractivity contribution is 0.198. The number of hydrogen-bond donors (Lipinski definition) is 1. The summed E-state index contributed by atoms with van der Waals surface area (Å²) in [5.41, 5.74) is 0. The Morgan fingerprint density at radius 3 is 2.92 bits per heavy atom. The van der Waals surface area contributed by atoms with Gasteiger partial charge in [0.1, 0.15) is 9.45 Å². The molecule has 0 unspecified atom stereocenters. The van der Waals surface area contributed by atoms with Crippen LogP contribution in [0.2, 0.25) is 0 Å². The molecule has 0 bridgehead atoms.